The van der Waals surface area contributed by atoms with Gasteiger partial charge in [-0.1, -0.05) is 39.2 Å². The Balaban J connectivity index is 2.77. The predicted molar refractivity (Wildman–Crippen MR) is 85.3 cm³/mol. The van der Waals surface area contributed by atoms with E-state index in [0.717, 1.165) is 25.7 Å². The number of hydrogen-bond donors (Lipinski definition) is 1. The molecule has 1 rings (SSSR count). The number of unbranched alkanes of at least 4 members (excludes halogenated alkanes) is 3. The molecule has 21 heavy (non-hydrogen) atoms. The number of nitrogens with one attached hydrogen (secondary N) is 1. The summed E-state index contributed by atoms with van der Waals surface area (Å²) in [4.78, 5) is 12.0. The second-order valence-electron chi connectivity index (χ2n) is 4.93. The highest BCUT2D eigenvalue weighted by Crippen LogP contribution is 2.22. The molecule has 0 heterocycles. The lowest BCUT2D eigenvalue weighted by molar-refractivity contribution is 0.0952. The summed E-state index contributed by atoms with van der Waals surface area (Å²) in [6, 6.07) is 4.62. The quantitative estimate of drug-likeness (QED) is 0.586. The number of aryl methyl sites for hydroxylation is 1. The Bertz CT molecular complexity index is 585. The lowest BCUT2D eigenvalue weighted by Crippen LogP contribution is -2.24. The van der Waals surface area contributed by atoms with Gasteiger partial charge in [0.05, 0.1) is 4.90 Å². The van der Waals surface area contributed by atoms with Crippen LogP contribution in [0, 0.1) is 0 Å². The zero-order valence-corrected chi connectivity index (χ0v) is 14.1. The van der Waals surface area contributed by atoms with Crippen LogP contribution in [0.15, 0.2) is 23.1 Å². The molecule has 0 aliphatic heterocycles. The number of halogens is 1. The summed E-state index contributed by atoms with van der Waals surface area (Å²) in [6.07, 6.45) is 4.83. The van der Waals surface area contributed by atoms with Gasteiger partial charge in [-0.2, -0.15) is 0 Å². The Morgan fingerprint density at radius 1 is 1.19 bits per heavy atom. The Hall–Kier alpha value is -1.07. The van der Waals surface area contributed by atoms with Crippen LogP contribution in [0.1, 0.15) is 55.5 Å². The van der Waals surface area contributed by atoms with Crippen LogP contribution in [0.25, 0.3) is 0 Å². The third-order valence-electron chi connectivity index (χ3n) is 3.29. The SMILES string of the molecule is CCCCCCNC(=O)c1ccc(CC)c(S(=O)(=O)Cl)c1. The topological polar surface area (TPSA) is 63.2 Å². The largest absolute Gasteiger partial charge is 0.352 e. The number of hydrogen-bond acceptors (Lipinski definition) is 3. The molecule has 1 aromatic carbocycles. The predicted octanol–water partition coefficient (Wildman–Crippen LogP) is 3.49. The Kier molecular flexibility index (Phi) is 7.18. The van der Waals surface area contributed by atoms with Crippen LogP contribution in [-0.4, -0.2) is 20.9 Å². The Morgan fingerprint density at radius 3 is 2.48 bits per heavy atom. The minimum Gasteiger partial charge on any atom is -0.352 e. The van der Waals surface area contributed by atoms with Crippen LogP contribution in [0.5, 0.6) is 0 Å². The van der Waals surface area contributed by atoms with Crippen LogP contribution in [0.2, 0.25) is 0 Å². The summed E-state index contributed by atoms with van der Waals surface area (Å²) in [5.41, 5.74) is 0.936. The summed E-state index contributed by atoms with van der Waals surface area (Å²) in [5.74, 6) is -0.268. The molecule has 0 aliphatic rings. The van der Waals surface area contributed by atoms with Crippen LogP contribution >= 0.6 is 10.7 Å². The minimum atomic E-state index is -3.84. The molecule has 0 aromatic heterocycles. The molecule has 1 amide bonds. The summed E-state index contributed by atoms with van der Waals surface area (Å²) in [7, 11) is 1.58. The van der Waals surface area contributed by atoms with Crippen molar-refractivity contribution in [1.29, 1.82) is 0 Å². The molecule has 0 fully saturated rings. The zero-order chi connectivity index (χ0) is 15.9. The molecule has 1 N–H and O–H groups in total. The van der Waals surface area contributed by atoms with Gasteiger partial charge >= 0.3 is 0 Å². The molecule has 6 heteroatoms. The van der Waals surface area contributed by atoms with E-state index < -0.39 is 9.05 Å². The fraction of sp³-hybridized carbons (Fsp3) is 0.533. The van der Waals surface area contributed by atoms with Crippen molar-refractivity contribution in [1.82, 2.24) is 5.32 Å². The molecular formula is C15H22ClNO3S. The van der Waals surface area contributed by atoms with Gasteiger partial charge in [0.1, 0.15) is 0 Å². The van der Waals surface area contributed by atoms with Gasteiger partial charge in [-0.25, -0.2) is 8.42 Å². The third kappa shape index (κ3) is 5.67. The number of benzene rings is 1. The van der Waals surface area contributed by atoms with E-state index in [0.29, 0.717) is 24.1 Å². The van der Waals surface area contributed by atoms with Crippen LogP contribution in [-0.2, 0) is 15.5 Å². The van der Waals surface area contributed by atoms with Gasteiger partial charge in [0.25, 0.3) is 15.0 Å². The second kappa shape index (κ2) is 8.39. The minimum absolute atomic E-state index is 0.0188. The van der Waals surface area contributed by atoms with Gasteiger partial charge < -0.3 is 5.32 Å². The van der Waals surface area contributed by atoms with E-state index in [-0.39, 0.29) is 10.8 Å². The highest BCUT2D eigenvalue weighted by Gasteiger charge is 2.17. The monoisotopic (exact) mass is 331 g/mol. The maximum absolute atomic E-state index is 12.0. The van der Waals surface area contributed by atoms with Crippen LogP contribution in [0.4, 0.5) is 0 Å². The van der Waals surface area contributed by atoms with Crippen LogP contribution in [0.3, 0.4) is 0 Å². The van der Waals surface area contributed by atoms with Gasteiger partial charge in [-0.3, -0.25) is 4.79 Å². The van der Waals surface area contributed by atoms with E-state index in [9.17, 15) is 13.2 Å². The van der Waals surface area contributed by atoms with E-state index in [1.165, 1.54) is 6.07 Å². The zero-order valence-electron chi connectivity index (χ0n) is 12.5. The normalized spacial score (nSPS) is 11.4. The first-order valence-corrected chi connectivity index (χ1v) is 9.56. The first-order valence-electron chi connectivity index (χ1n) is 7.26. The second-order valence-corrected chi connectivity index (χ2v) is 7.46. The third-order valence-corrected chi connectivity index (χ3v) is 4.69. The highest BCUT2D eigenvalue weighted by atomic mass is 35.7. The molecule has 4 nitrogen and oxygen atoms in total. The molecule has 0 aliphatic carbocycles. The maximum Gasteiger partial charge on any atom is 0.261 e. The van der Waals surface area contributed by atoms with E-state index in [1.54, 1.807) is 12.1 Å². The molecule has 0 saturated heterocycles. The van der Waals surface area contributed by atoms with Gasteiger partial charge in [-0.15, -0.1) is 0 Å². The average Bonchev–Trinajstić information content (AvgIpc) is 2.45. The summed E-state index contributed by atoms with van der Waals surface area (Å²) < 4.78 is 23.1. The Labute approximate surface area is 131 Å². The van der Waals surface area contributed by atoms with Crippen molar-refractivity contribution in [3.8, 4) is 0 Å². The lowest BCUT2D eigenvalue weighted by Gasteiger charge is -2.09. The van der Waals surface area contributed by atoms with Gasteiger partial charge in [-0.05, 0) is 30.5 Å². The van der Waals surface area contributed by atoms with E-state index >= 15 is 0 Å². The van der Waals surface area contributed by atoms with E-state index in [2.05, 4.69) is 12.2 Å². The number of carbonyl (C=O) groups is 1. The van der Waals surface area contributed by atoms with Gasteiger partial charge in [0, 0.05) is 22.8 Å². The van der Waals surface area contributed by atoms with E-state index in [4.69, 9.17) is 10.7 Å². The van der Waals surface area contributed by atoms with Crippen molar-refractivity contribution in [3.05, 3.63) is 29.3 Å². The van der Waals surface area contributed by atoms with Crippen LogP contribution < -0.4 is 5.32 Å². The van der Waals surface area contributed by atoms with Gasteiger partial charge in [0.2, 0.25) is 0 Å². The molecule has 0 spiro atoms. The number of rotatable bonds is 8. The maximum atomic E-state index is 12.0. The van der Waals surface area contributed by atoms with Crippen molar-refractivity contribution >= 4 is 25.6 Å². The molecule has 0 saturated carbocycles. The summed E-state index contributed by atoms with van der Waals surface area (Å²) >= 11 is 0. The number of amides is 1. The van der Waals surface area contributed by atoms with Crippen molar-refractivity contribution < 1.29 is 13.2 Å². The fourth-order valence-electron chi connectivity index (χ4n) is 2.07. The van der Waals surface area contributed by atoms with Crippen molar-refractivity contribution in [2.24, 2.45) is 0 Å². The highest BCUT2D eigenvalue weighted by molar-refractivity contribution is 8.13. The molecule has 0 unspecified atom stereocenters. The fourth-order valence-corrected chi connectivity index (χ4v) is 3.29. The van der Waals surface area contributed by atoms with Crippen molar-refractivity contribution in [2.75, 3.05) is 6.54 Å². The molecule has 0 radical (unpaired) electrons. The average molecular weight is 332 g/mol. The van der Waals surface area contributed by atoms with Crippen molar-refractivity contribution in [2.45, 2.75) is 50.8 Å². The van der Waals surface area contributed by atoms with Gasteiger partial charge in [0.15, 0.2) is 0 Å². The Morgan fingerprint density at radius 2 is 1.90 bits per heavy atom. The first-order chi connectivity index (χ1) is 9.90. The van der Waals surface area contributed by atoms with E-state index in [1.807, 2.05) is 6.92 Å². The standard InChI is InChI=1S/C15H22ClNO3S/c1-3-5-6-7-10-17-15(18)13-9-8-12(4-2)14(11-13)21(16,19)20/h8-9,11H,3-7,10H2,1-2H3,(H,17,18). The lowest BCUT2D eigenvalue weighted by atomic mass is 10.1. The number of carbonyl (C=O) groups excluding carboxylic acids is 1. The molecule has 118 valence electrons. The van der Waals surface area contributed by atoms with Crippen molar-refractivity contribution in [3.63, 3.8) is 0 Å². The molecule has 0 bridgehead atoms. The molecule has 1 aromatic rings. The molecule has 0 atom stereocenters. The summed E-state index contributed by atoms with van der Waals surface area (Å²) in [5, 5.41) is 2.80. The molecular weight excluding hydrogens is 310 g/mol. The summed E-state index contributed by atoms with van der Waals surface area (Å²) in [6.45, 7) is 4.56. The first kappa shape index (κ1) is 18.0. The smallest absolute Gasteiger partial charge is 0.261 e.